The van der Waals surface area contributed by atoms with E-state index in [1.54, 1.807) is 68.6 Å². The lowest BCUT2D eigenvalue weighted by molar-refractivity contribution is -0.121. The standard InChI is InChI=1S/C28H24ClFN2O5S/c1-4-36-27(34)19-8-10-21(11-9-19)31-28-32(2)26(33)24(38-28)15-18-13-22(29)25(23(14-18)35-3)37-16-17-6-5-7-20(30)12-17/h5-15H,4,16H2,1-3H3/b24-15-,31-28?. The molecule has 0 aromatic heterocycles. The van der Waals surface area contributed by atoms with Crippen molar-refractivity contribution in [2.24, 2.45) is 4.99 Å². The van der Waals surface area contributed by atoms with Gasteiger partial charge in [-0.2, -0.15) is 0 Å². The van der Waals surface area contributed by atoms with Crippen molar-refractivity contribution in [3.8, 4) is 11.5 Å². The van der Waals surface area contributed by atoms with Crippen molar-refractivity contribution < 1.29 is 28.2 Å². The molecule has 7 nitrogen and oxygen atoms in total. The Morgan fingerprint density at radius 2 is 1.92 bits per heavy atom. The maximum Gasteiger partial charge on any atom is 0.338 e. The molecule has 1 fully saturated rings. The van der Waals surface area contributed by atoms with Crippen LogP contribution in [0.25, 0.3) is 6.08 Å². The molecule has 3 aromatic rings. The van der Waals surface area contributed by atoms with Crippen molar-refractivity contribution in [2.75, 3.05) is 20.8 Å². The molecule has 0 N–H and O–H groups in total. The Labute approximate surface area is 228 Å². The van der Waals surface area contributed by atoms with E-state index in [0.29, 0.717) is 50.6 Å². The second kappa shape index (κ2) is 12.1. The minimum absolute atomic E-state index is 0.105. The van der Waals surface area contributed by atoms with Gasteiger partial charge >= 0.3 is 5.97 Å². The van der Waals surface area contributed by atoms with Gasteiger partial charge in [0, 0.05) is 7.05 Å². The Bertz CT molecular complexity index is 1430. The molecule has 0 radical (unpaired) electrons. The van der Waals surface area contributed by atoms with E-state index in [-0.39, 0.29) is 23.4 Å². The number of esters is 1. The molecule has 0 spiro atoms. The SMILES string of the molecule is CCOC(=O)c1ccc(N=C2S/C(=C\c3cc(Cl)c(OCc4cccc(F)c4)c(OC)c3)C(=O)N2C)cc1. The van der Waals surface area contributed by atoms with E-state index in [9.17, 15) is 14.0 Å². The number of hydrogen-bond donors (Lipinski definition) is 0. The number of hydrogen-bond acceptors (Lipinski definition) is 7. The van der Waals surface area contributed by atoms with Crippen LogP contribution in [0.15, 0.2) is 70.6 Å². The highest BCUT2D eigenvalue weighted by molar-refractivity contribution is 8.18. The van der Waals surface area contributed by atoms with Gasteiger partial charge in [-0.25, -0.2) is 14.2 Å². The normalized spacial score (nSPS) is 15.3. The van der Waals surface area contributed by atoms with Crippen molar-refractivity contribution in [3.63, 3.8) is 0 Å². The van der Waals surface area contributed by atoms with Crippen LogP contribution in [-0.4, -0.2) is 42.7 Å². The van der Waals surface area contributed by atoms with E-state index < -0.39 is 5.97 Å². The van der Waals surface area contributed by atoms with E-state index in [4.69, 9.17) is 25.8 Å². The predicted octanol–water partition coefficient (Wildman–Crippen LogP) is 6.48. The second-order valence-corrected chi connectivity index (χ2v) is 9.51. The molecule has 0 unspecified atom stereocenters. The molecule has 1 heterocycles. The number of likely N-dealkylation sites (N-methyl/N-ethyl adjacent to an activating group) is 1. The number of nitrogens with zero attached hydrogens (tertiary/aromatic N) is 2. The zero-order chi connectivity index (χ0) is 27.2. The zero-order valence-corrected chi connectivity index (χ0v) is 22.4. The number of rotatable bonds is 8. The molecule has 1 aliphatic rings. The molecular formula is C28H24ClFN2O5S. The Morgan fingerprint density at radius 1 is 1.16 bits per heavy atom. The number of amides is 1. The van der Waals surface area contributed by atoms with Crippen molar-refractivity contribution in [3.05, 3.63) is 93.1 Å². The van der Waals surface area contributed by atoms with Crippen molar-refractivity contribution in [1.82, 2.24) is 4.90 Å². The van der Waals surface area contributed by atoms with Gasteiger partial charge in [-0.1, -0.05) is 23.7 Å². The number of thioether (sulfide) groups is 1. The molecule has 1 aliphatic heterocycles. The predicted molar refractivity (Wildman–Crippen MR) is 147 cm³/mol. The Balaban J connectivity index is 1.53. The summed E-state index contributed by atoms with van der Waals surface area (Å²) in [6.07, 6.45) is 1.70. The summed E-state index contributed by atoms with van der Waals surface area (Å²) in [4.78, 5) is 31.2. The van der Waals surface area contributed by atoms with E-state index in [1.807, 2.05) is 0 Å². The van der Waals surface area contributed by atoms with Gasteiger partial charge in [0.2, 0.25) is 0 Å². The summed E-state index contributed by atoms with van der Waals surface area (Å²) in [5.74, 6) is -0.291. The van der Waals surface area contributed by atoms with Gasteiger partial charge in [-0.15, -0.1) is 0 Å². The van der Waals surface area contributed by atoms with E-state index in [2.05, 4.69) is 4.99 Å². The summed E-state index contributed by atoms with van der Waals surface area (Å²) in [6.45, 7) is 2.15. The molecule has 0 atom stereocenters. The number of halogens is 2. The maximum atomic E-state index is 13.5. The van der Waals surface area contributed by atoms with Crippen LogP contribution < -0.4 is 9.47 Å². The number of ether oxygens (including phenoxy) is 3. The molecule has 0 saturated carbocycles. The molecule has 1 amide bonds. The van der Waals surface area contributed by atoms with Crippen LogP contribution in [0.3, 0.4) is 0 Å². The Morgan fingerprint density at radius 3 is 2.61 bits per heavy atom. The fourth-order valence-corrected chi connectivity index (χ4v) is 4.81. The van der Waals surface area contributed by atoms with Gasteiger partial charge in [0.15, 0.2) is 16.7 Å². The van der Waals surface area contributed by atoms with Crippen LogP contribution in [0.5, 0.6) is 11.5 Å². The molecule has 0 aliphatic carbocycles. The third-order valence-corrected chi connectivity index (χ3v) is 6.77. The number of carbonyl (C=O) groups is 2. The molecule has 10 heteroatoms. The highest BCUT2D eigenvalue weighted by atomic mass is 35.5. The van der Waals surface area contributed by atoms with E-state index in [1.165, 1.54) is 35.9 Å². The number of aliphatic imine (C=N–C) groups is 1. The number of amidine groups is 1. The van der Waals surface area contributed by atoms with Crippen LogP contribution >= 0.6 is 23.4 Å². The van der Waals surface area contributed by atoms with Crippen LogP contribution in [0, 0.1) is 5.82 Å². The van der Waals surface area contributed by atoms with Crippen molar-refractivity contribution in [2.45, 2.75) is 13.5 Å². The zero-order valence-electron chi connectivity index (χ0n) is 20.9. The largest absolute Gasteiger partial charge is 0.493 e. The van der Waals surface area contributed by atoms with Gasteiger partial charge in [0.1, 0.15) is 12.4 Å². The highest BCUT2D eigenvalue weighted by Gasteiger charge is 2.30. The fraction of sp³-hybridized carbons (Fsp3) is 0.179. The summed E-state index contributed by atoms with van der Waals surface area (Å²) in [5.41, 5.74) is 2.29. The minimum Gasteiger partial charge on any atom is -0.493 e. The van der Waals surface area contributed by atoms with Crippen LogP contribution in [0.2, 0.25) is 5.02 Å². The molecule has 38 heavy (non-hydrogen) atoms. The first-order chi connectivity index (χ1) is 18.3. The summed E-state index contributed by atoms with van der Waals surface area (Å²) < 4.78 is 29.7. The number of benzene rings is 3. The van der Waals surface area contributed by atoms with Gasteiger partial charge in [0.05, 0.1) is 34.9 Å². The molecule has 1 saturated heterocycles. The molecule has 196 valence electrons. The van der Waals surface area contributed by atoms with Crippen LogP contribution in [0.4, 0.5) is 10.1 Å². The van der Waals surface area contributed by atoms with E-state index >= 15 is 0 Å². The summed E-state index contributed by atoms with van der Waals surface area (Å²) in [6, 6.07) is 16.1. The number of carbonyl (C=O) groups excluding carboxylic acids is 2. The second-order valence-electron chi connectivity index (χ2n) is 8.09. The van der Waals surface area contributed by atoms with Crippen molar-refractivity contribution in [1.29, 1.82) is 0 Å². The average Bonchev–Trinajstić information content (AvgIpc) is 3.16. The van der Waals surface area contributed by atoms with Gasteiger partial charge < -0.3 is 14.2 Å². The maximum absolute atomic E-state index is 13.5. The average molecular weight is 555 g/mol. The first-order valence-electron chi connectivity index (χ1n) is 11.6. The van der Waals surface area contributed by atoms with Crippen LogP contribution in [-0.2, 0) is 16.1 Å². The van der Waals surface area contributed by atoms with E-state index in [0.717, 1.165) is 0 Å². The summed E-state index contributed by atoms with van der Waals surface area (Å²) >= 11 is 7.70. The quantitative estimate of drug-likeness (QED) is 0.234. The molecule has 0 bridgehead atoms. The van der Waals surface area contributed by atoms with Gasteiger partial charge in [0.25, 0.3) is 5.91 Å². The number of methoxy groups -OCH3 is 1. The summed E-state index contributed by atoms with van der Waals surface area (Å²) in [5, 5.41) is 0.769. The summed E-state index contributed by atoms with van der Waals surface area (Å²) in [7, 11) is 3.12. The topological polar surface area (TPSA) is 77.4 Å². The Hall–Kier alpha value is -3.82. The first kappa shape index (κ1) is 27.2. The van der Waals surface area contributed by atoms with Crippen molar-refractivity contribution >= 4 is 52.2 Å². The van der Waals surface area contributed by atoms with Gasteiger partial charge in [-0.05, 0) is 84.4 Å². The Kier molecular flexibility index (Phi) is 8.70. The lowest BCUT2D eigenvalue weighted by Crippen LogP contribution is -2.23. The lowest BCUT2D eigenvalue weighted by atomic mass is 10.1. The lowest BCUT2D eigenvalue weighted by Gasteiger charge is -2.13. The van der Waals surface area contributed by atoms with Gasteiger partial charge in [-0.3, -0.25) is 9.69 Å². The molecule has 3 aromatic carbocycles. The monoisotopic (exact) mass is 554 g/mol. The third-order valence-electron chi connectivity index (χ3n) is 5.43. The molecule has 4 rings (SSSR count). The smallest absolute Gasteiger partial charge is 0.338 e. The van der Waals surface area contributed by atoms with Crippen LogP contribution in [0.1, 0.15) is 28.4 Å². The third kappa shape index (κ3) is 6.35. The molecular weight excluding hydrogens is 531 g/mol. The first-order valence-corrected chi connectivity index (χ1v) is 12.8. The fourth-order valence-electron chi connectivity index (χ4n) is 3.55. The minimum atomic E-state index is -0.404. The highest BCUT2D eigenvalue weighted by Crippen LogP contribution is 2.39.